The van der Waals surface area contributed by atoms with E-state index in [1.54, 1.807) is 18.2 Å². The van der Waals surface area contributed by atoms with Gasteiger partial charge >= 0.3 is 0 Å². The summed E-state index contributed by atoms with van der Waals surface area (Å²) in [7, 11) is 0. The third-order valence-corrected chi connectivity index (χ3v) is 4.28. The van der Waals surface area contributed by atoms with E-state index in [2.05, 4.69) is 20.4 Å². The predicted octanol–water partition coefficient (Wildman–Crippen LogP) is 2.34. The van der Waals surface area contributed by atoms with Crippen molar-refractivity contribution in [3.05, 3.63) is 53.5 Å². The summed E-state index contributed by atoms with van der Waals surface area (Å²) in [5.41, 5.74) is 1.15. The van der Waals surface area contributed by atoms with Crippen molar-refractivity contribution in [1.29, 1.82) is 5.26 Å². The van der Waals surface area contributed by atoms with Crippen molar-refractivity contribution in [1.82, 2.24) is 15.1 Å². The van der Waals surface area contributed by atoms with Crippen LogP contribution in [0.2, 0.25) is 0 Å². The van der Waals surface area contributed by atoms with Crippen LogP contribution in [0.3, 0.4) is 0 Å². The van der Waals surface area contributed by atoms with Crippen LogP contribution in [-0.2, 0) is 11.3 Å². The Kier molecular flexibility index (Phi) is 5.31. The van der Waals surface area contributed by atoms with Gasteiger partial charge in [0.1, 0.15) is 11.9 Å². The Balaban J connectivity index is 1.49. The number of aromatic nitrogens is 2. The molecule has 2 aromatic rings. The minimum atomic E-state index is -0.227. The standard InChI is InChI=1S/C18H18FN5O/c19-15-3-1-2-13(10-15)12-24-8-6-14(7-9-24)18(25)21-17-5-4-16(11-20)22-23-17/h1-5,10,14H,6-9,12H2,(H,21,23,25). The van der Waals surface area contributed by atoms with Gasteiger partial charge in [-0.25, -0.2) is 4.39 Å². The molecule has 0 aliphatic carbocycles. The molecule has 0 radical (unpaired) electrons. The van der Waals surface area contributed by atoms with Gasteiger partial charge in [0.15, 0.2) is 11.5 Å². The summed E-state index contributed by atoms with van der Waals surface area (Å²) in [4.78, 5) is 14.5. The second-order valence-corrected chi connectivity index (χ2v) is 6.09. The molecule has 0 unspecified atom stereocenters. The Morgan fingerprint density at radius 1 is 1.28 bits per heavy atom. The van der Waals surface area contributed by atoms with E-state index in [0.29, 0.717) is 12.4 Å². The first-order valence-electron chi connectivity index (χ1n) is 8.15. The molecule has 7 heteroatoms. The maximum atomic E-state index is 13.2. The third-order valence-electron chi connectivity index (χ3n) is 4.28. The monoisotopic (exact) mass is 339 g/mol. The summed E-state index contributed by atoms with van der Waals surface area (Å²) in [5.74, 6) is -0.0351. The lowest BCUT2D eigenvalue weighted by molar-refractivity contribution is -0.121. The number of carbonyl (C=O) groups is 1. The highest BCUT2D eigenvalue weighted by Gasteiger charge is 2.25. The van der Waals surface area contributed by atoms with Crippen LogP contribution < -0.4 is 5.32 Å². The van der Waals surface area contributed by atoms with Gasteiger partial charge in [-0.15, -0.1) is 10.2 Å². The highest BCUT2D eigenvalue weighted by atomic mass is 19.1. The molecule has 0 spiro atoms. The SMILES string of the molecule is N#Cc1ccc(NC(=O)C2CCN(Cc3cccc(F)c3)CC2)nn1. The summed E-state index contributed by atoms with van der Waals surface area (Å²) in [6, 6.07) is 11.6. The fourth-order valence-corrected chi connectivity index (χ4v) is 2.93. The van der Waals surface area contributed by atoms with Gasteiger partial charge < -0.3 is 5.32 Å². The first-order chi connectivity index (χ1) is 12.1. The molecule has 128 valence electrons. The van der Waals surface area contributed by atoms with Crippen molar-refractivity contribution in [3.63, 3.8) is 0 Å². The molecule has 1 fully saturated rings. The molecule has 0 bridgehead atoms. The molecular weight excluding hydrogens is 321 g/mol. The van der Waals surface area contributed by atoms with Gasteiger partial charge in [0.2, 0.25) is 5.91 Å². The molecule has 1 aromatic carbocycles. The molecule has 1 N–H and O–H groups in total. The maximum Gasteiger partial charge on any atom is 0.228 e. The average Bonchev–Trinajstić information content (AvgIpc) is 2.63. The number of carbonyl (C=O) groups excluding carboxylic acids is 1. The summed E-state index contributed by atoms with van der Waals surface area (Å²) in [6.45, 7) is 2.26. The number of hydrogen-bond acceptors (Lipinski definition) is 5. The van der Waals surface area contributed by atoms with E-state index >= 15 is 0 Å². The van der Waals surface area contributed by atoms with Crippen molar-refractivity contribution >= 4 is 11.7 Å². The van der Waals surface area contributed by atoms with Crippen LogP contribution in [0.4, 0.5) is 10.2 Å². The second-order valence-electron chi connectivity index (χ2n) is 6.09. The van der Waals surface area contributed by atoms with Crippen LogP contribution in [0.5, 0.6) is 0 Å². The fourth-order valence-electron chi connectivity index (χ4n) is 2.93. The summed E-state index contributed by atoms with van der Waals surface area (Å²) < 4.78 is 13.2. The lowest BCUT2D eigenvalue weighted by Gasteiger charge is -2.31. The van der Waals surface area contributed by atoms with Crippen LogP contribution in [0.1, 0.15) is 24.1 Å². The van der Waals surface area contributed by atoms with Crippen LogP contribution in [0.25, 0.3) is 0 Å². The Morgan fingerprint density at radius 2 is 2.08 bits per heavy atom. The molecule has 1 saturated heterocycles. The van der Waals surface area contributed by atoms with E-state index in [1.807, 2.05) is 12.1 Å². The minimum absolute atomic E-state index is 0.0792. The van der Waals surface area contributed by atoms with Crippen molar-refractivity contribution in [3.8, 4) is 6.07 Å². The number of likely N-dealkylation sites (tertiary alicyclic amines) is 1. The quantitative estimate of drug-likeness (QED) is 0.924. The van der Waals surface area contributed by atoms with Crippen LogP contribution in [-0.4, -0.2) is 34.1 Å². The number of piperidine rings is 1. The van der Waals surface area contributed by atoms with E-state index in [0.717, 1.165) is 31.5 Å². The largest absolute Gasteiger partial charge is 0.309 e. The predicted molar refractivity (Wildman–Crippen MR) is 89.8 cm³/mol. The number of nitriles is 1. The lowest BCUT2D eigenvalue weighted by Crippen LogP contribution is -2.37. The number of rotatable bonds is 4. The number of benzene rings is 1. The second kappa shape index (κ2) is 7.81. The van der Waals surface area contributed by atoms with Crippen molar-refractivity contribution < 1.29 is 9.18 Å². The van der Waals surface area contributed by atoms with Gasteiger partial charge in [0.05, 0.1) is 0 Å². The van der Waals surface area contributed by atoms with E-state index in [9.17, 15) is 9.18 Å². The highest BCUT2D eigenvalue weighted by molar-refractivity contribution is 5.91. The number of nitrogens with zero attached hydrogens (tertiary/aromatic N) is 4. The average molecular weight is 339 g/mol. The van der Waals surface area contributed by atoms with Gasteiger partial charge in [-0.3, -0.25) is 9.69 Å². The molecule has 2 heterocycles. The van der Waals surface area contributed by atoms with Crippen LogP contribution in [0, 0.1) is 23.1 Å². The summed E-state index contributed by atoms with van der Waals surface area (Å²) in [5, 5.41) is 18.9. The zero-order valence-corrected chi connectivity index (χ0v) is 13.7. The maximum absolute atomic E-state index is 13.2. The number of hydrogen-bond donors (Lipinski definition) is 1. The zero-order valence-electron chi connectivity index (χ0n) is 13.7. The van der Waals surface area contributed by atoms with E-state index in [-0.39, 0.29) is 23.3 Å². The van der Waals surface area contributed by atoms with Gasteiger partial charge in [0, 0.05) is 12.5 Å². The molecule has 6 nitrogen and oxygen atoms in total. The topological polar surface area (TPSA) is 81.9 Å². The van der Waals surface area contributed by atoms with Crippen molar-refractivity contribution in [2.45, 2.75) is 19.4 Å². The first kappa shape index (κ1) is 17.0. The molecule has 1 aliphatic rings. The Hall–Kier alpha value is -2.85. The molecule has 25 heavy (non-hydrogen) atoms. The molecule has 0 atom stereocenters. The van der Waals surface area contributed by atoms with Gasteiger partial charge in [0.25, 0.3) is 0 Å². The number of halogens is 1. The van der Waals surface area contributed by atoms with E-state index in [4.69, 9.17) is 5.26 Å². The van der Waals surface area contributed by atoms with E-state index < -0.39 is 0 Å². The molecule has 0 saturated carbocycles. The van der Waals surface area contributed by atoms with Crippen LogP contribution >= 0.6 is 0 Å². The number of amides is 1. The Morgan fingerprint density at radius 3 is 2.72 bits per heavy atom. The molecule has 1 aromatic heterocycles. The number of anilines is 1. The molecular formula is C18H18FN5O. The summed E-state index contributed by atoms with van der Waals surface area (Å²) >= 11 is 0. The van der Waals surface area contributed by atoms with Crippen LogP contribution in [0.15, 0.2) is 36.4 Å². The molecule has 3 rings (SSSR count). The first-order valence-corrected chi connectivity index (χ1v) is 8.15. The van der Waals surface area contributed by atoms with Gasteiger partial charge in [-0.2, -0.15) is 5.26 Å². The normalized spacial score (nSPS) is 15.5. The summed E-state index contributed by atoms with van der Waals surface area (Å²) in [6.07, 6.45) is 1.48. The van der Waals surface area contributed by atoms with Crippen molar-refractivity contribution in [2.24, 2.45) is 5.92 Å². The lowest BCUT2D eigenvalue weighted by atomic mass is 9.95. The van der Waals surface area contributed by atoms with Gasteiger partial charge in [-0.1, -0.05) is 12.1 Å². The zero-order chi connectivity index (χ0) is 17.6. The van der Waals surface area contributed by atoms with Crippen molar-refractivity contribution in [2.75, 3.05) is 18.4 Å². The molecule has 1 aliphatic heterocycles. The Labute approximate surface area is 145 Å². The minimum Gasteiger partial charge on any atom is -0.309 e. The fraction of sp³-hybridized carbons (Fsp3) is 0.333. The van der Waals surface area contributed by atoms with E-state index in [1.165, 1.54) is 12.1 Å². The third kappa shape index (κ3) is 4.58. The van der Waals surface area contributed by atoms with Gasteiger partial charge in [-0.05, 0) is 55.8 Å². The number of nitrogens with one attached hydrogen (secondary N) is 1. The Bertz CT molecular complexity index is 779. The smallest absolute Gasteiger partial charge is 0.228 e. The highest BCUT2D eigenvalue weighted by Crippen LogP contribution is 2.20. The molecule has 1 amide bonds.